The number of anilines is 1. The zero-order valence-electron chi connectivity index (χ0n) is 15.1. The highest BCUT2D eigenvalue weighted by molar-refractivity contribution is 6.07. The van der Waals surface area contributed by atoms with Gasteiger partial charge in [0.2, 0.25) is 0 Å². The van der Waals surface area contributed by atoms with Crippen LogP contribution < -0.4 is 10.4 Å². The Hall–Kier alpha value is -4.26. The van der Waals surface area contributed by atoms with Crippen LogP contribution in [0.15, 0.2) is 101 Å². The second-order valence-electron chi connectivity index (χ2n) is 5.92. The number of benzene rings is 3. The lowest BCUT2D eigenvalue weighted by molar-refractivity contribution is -0.245. The molecule has 0 radical (unpaired) electrons. The van der Waals surface area contributed by atoms with Crippen LogP contribution in [0.3, 0.4) is 0 Å². The largest absolute Gasteiger partial charge is 0.870 e. The highest BCUT2D eigenvalue weighted by atomic mass is 16.4. The molecule has 2 N–H and O–H groups in total. The van der Waals surface area contributed by atoms with Crippen molar-refractivity contribution in [2.24, 2.45) is 10.2 Å². The van der Waals surface area contributed by atoms with E-state index in [4.69, 9.17) is 5.11 Å². The van der Waals surface area contributed by atoms with E-state index < -0.39 is 23.3 Å². The van der Waals surface area contributed by atoms with Crippen molar-refractivity contribution in [1.29, 1.82) is 0 Å². The van der Waals surface area contributed by atoms with Crippen molar-refractivity contribution in [2.75, 3.05) is 5.32 Å². The summed E-state index contributed by atoms with van der Waals surface area (Å²) in [5.41, 5.74) is 0.588. The number of amides is 1. The summed E-state index contributed by atoms with van der Waals surface area (Å²) in [7, 11) is 0. The van der Waals surface area contributed by atoms with Crippen LogP contribution in [0.2, 0.25) is 0 Å². The van der Waals surface area contributed by atoms with Gasteiger partial charge in [-0.1, -0.05) is 60.4 Å². The Balaban J connectivity index is 1.98. The molecular formula is C22H16N3O4-. The number of para-hydroxylation sites is 1. The fourth-order valence-electron chi connectivity index (χ4n) is 2.44. The van der Waals surface area contributed by atoms with Gasteiger partial charge in [-0.2, -0.15) is 5.11 Å². The van der Waals surface area contributed by atoms with Crippen molar-refractivity contribution in [3.05, 3.63) is 102 Å². The van der Waals surface area contributed by atoms with Gasteiger partial charge in [0.05, 0.1) is 11.3 Å². The van der Waals surface area contributed by atoms with Crippen LogP contribution in [0.1, 0.15) is 15.9 Å². The molecule has 0 spiro atoms. The highest BCUT2D eigenvalue weighted by Gasteiger charge is 2.12. The van der Waals surface area contributed by atoms with Crippen molar-refractivity contribution in [1.82, 2.24) is 0 Å². The molecule has 3 aromatic carbocycles. The molecule has 29 heavy (non-hydrogen) atoms. The second kappa shape index (κ2) is 9.09. The fraction of sp³-hybridized carbons (Fsp3) is 0. The maximum atomic E-state index is 12.8. The molecule has 0 heterocycles. The number of azo groups is 1. The van der Waals surface area contributed by atoms with E-state index in [1.54, 1.807) is 60.7 Å². The number of nitrogens with one attached hydrogen (secondary N) is 1. The summed E-state index contributed by atoms with van der Waals surface area (Å²) in [6, 6.07) is 22.6. The molecule has 3 aromatic rings. The minimum Gasteiger partial charge on any atom is -0.870 e. The average Bonchev–Trinajstić information content (AvgIpc) is 2.75. The number of carboxylic acid groups (broad SMARTS) is 1. The van der Waals surface area contributed by atoms with Crippen molar-refractivity contribution >= 4 is 29.0 Å². The first-order chi connectivity index (χ1) is 14.0. The normalized spacial score (nSPS) is 11.7. The molecule has 144 valence electrons. The summed E-state index contributed by atoms with van der Waals surface area (Å²) in [6.07, 6.45) is 0. The van der Waals surface area contributed by atoms with Crippen LogP contribution in [0.4, 0.5) is 11.4 Å². The van der Waals surface area contributed by atoms with E-state index in [1.807, 2.05) is 0 Å². The Morgan fingerprint density at radius 1 is 0.828 bits per heavy atom. The van der Waals surface area contributed by atoms with Gasteiger partial charge < -0.3 is 15.5 Å². The molecule has 0 atom stereocenters. The molecule has 0 fully saturated rings. The summed E-state index contributed by atoms with van der Waals surface area (Å²) in [6.45, 7) is 0. The van der Waals surface area contributed by atoms with Crippen LogP contribution in [0.25, 0.3) is 5.76 Å². The van der Waals surface area contributed by atoms with Crippen LogP contribution in [0, 0.1) is 0 Å². The van der Waals surface area contributed by atoms with Crippen LogP contribution in [-0.2, 0) is 4.79 Å². The number of nitrogens with zero attached hydrogens (tertiary/aromatic N) is 2. The predicted molar refractivity (Wildman–Crippen MR) is 106 cm³/mol. The van der Waals surface area contributed by atoms with Crippen molar-refractivity contribution < 1.29 is 19.8 Å². The standard InChI is InChI=1S/C22H17N3O4/c26-20(15-8-3-1-4-9-15)19(21(27)23-17-11-5-2-6-12-17)25-24-18-13-7-10-16(14-18)22(28)29/h1-14,26H,(H,23,27)(H,28,29)/p-1/b20-19-,25-24?. The van der Waals surface area contributed by atoms with Crippen molar-refractivity contribution in [3.8, 4) is 0 Å². The minimum atomic E-state index is -1.12. The third-order valence-electron chi connectivity index (χ3n) is 3.86. The first-order valence-electron chi connectivity index (χ1n) is 8.63. The summed E-state index contributed by atoms with van der Waals surface area (Å²) in [5, 5.41) is 32.3. The summed E-state index contributed by atoms with van der Waals surface area (Å²) >= 11 is 0. The van der Waals surface area contributed by atoms with Gasteiger partial charge in [-0.15, -0.1) is 5.11 Å². The van der Waals surface area contributed by atoms with E-state index in [1.165, 1.54) is 24.3 Å². The highest BCUT2D eigenvalue weighted by Crippen LogP contribution is 2.20. The van der Waals surface area contributed by atoms with Crippen LogP contribution >= 0.6 is 0 Å². The number of rotatable bonds is 6. The molecule has 7 nitrogen and oxygen atoms in total. The van der Waals surface area contributed by atoms with E-state index in [2.05, 4.69) is 15.5 Å². The van der Waals surface area contributed by atoms with E-state index in [9.17, 15) is 14.7 Å². The molecule has 0 saturated carbocycles. The van der Waals surface area contributed by atoms with Crippen LogP contribution in [-0.4, -0.2) is 17.0 Å². The number of aromatic carboxylic acids is 1. The Bertz CT molecular complexity index is 1080. The Morgan fingerprint density at radius 3 is 2.10 bits per heavy atom. The molecule has 7 heteroatoms. The summed E-state index contributed by atoms with van der Waals surface area (Å²) in [5.74, 6) is -2.44. The topological polar surface area (TPSA) is 114 Å². The number of carbonyl (C=O) groups is 2. The molecule has 1 amide bonds. The quantitative estimate of drug-likeness (QED) is 0.380. The predicted octanol–water partition coefficient (Wildman–Crippen LogP) is 3.84. The Morgan fingerprint density at radius 2 is 1.45 bits per heavy atom. The Labute approximate surface area is 166 Å². The third-order valence-corrected chi connectivity index (χ3v) is 3.86. The second-order valence-corrected chi connectivity index (χ2v) is 5.92. The van der Waals surface area contributed by atoms with E-state index in [0.29, 0.717) is 5.69 Å². The fourth-order valence-corrected chi connectivity index (χ4v) is 2.44. The number of carbonyl (C=O) groups excluding carboxylic acids is 1. The first-order valence-corrected chi connectivity index (χ1v) is 8.63. The zero-order chi connectivity index (χ0) is 20.6. The molecule has 0 aliphatic heterocycles. The van der Waals surface area contributed by atoms with Gasteiger partial charge in [-0.3, -0.25) is 4.79 Å². The van der Waals surface area contributed by atoms with Gasteiger partial charge in [0.1, 0.15) is 5.70 Å². The SMILES string of the molecule is O=C(Nc1ccccc1)/C(N=Nc1cccc(C(=O)O)c1)=C(/[O-])c1ccccc1. The molecule has 0 bridgehead atoms. The molecule has 0 aromatic heterocycles. The number of hydrogen-bond donors (Lipinski definition) is 2. The first kappa shape index (κ1) is 19.5. The van der Waals surface area contributed by atoms with Gasteiger partial charge >= 0.3 is 5.97 Å². The maximum Gasteiger partial charge on any atom is 0.335 e. The van der Waals surface area contributed by atoms with E-state index in [-0.39, 0.29) is 16.8 Å². The van der Waals surface area contributed by atoms with Gasteiger partial charge in [0.25, 0.3) is 5.91 Å². The summed E-state index contributed by atoms with van der Waals surface area (Å²) < 4.78 is 0. The third kappa shape index (κ3) is 5.14. The maximum absolute atomic E-state index is 12.8. The molecule has 3 rings (SSSR count). The zero-order valence-corrected chi connectivity index (χ0v) is 15.1. The van der Waals surface area contributed by atoms with Crippen molar-refractivity contribution in [2.45, 2.75) is 0 Å². The molecule has 0 saturated heterocycles. The smallest absolute Gasteiger partial charge is 0.335 e. The van der Waals surface area contributed by atoms with Gasteiger partial charge in [-0.05, 0) is 35.9 Å². The van der Waals surface area contributed by atoms with Gasteiger partial charge in [0.15, 0.2) is 0 Å². The number of carboxylic acids is 1. The molecule has 0 unspecified atom stereocenters. The van der Waals surface area contributed by atoms with Gasteiger partial charge in [0, 0.05) is 5.69 Å². The van der Waals surface area contributed by atoms with Gasteiger partial charge in [-0.25, -0.2) is 4.79 Å². The molecule has 0 aliphatic carbocycles. The van der Waals surface area contributed by atoms with E-state index in [0.717, 1.165) is 0 Å². The monoisotopic (exact) mass is 386 g/mol. The molecule has 0 aliphatic rings. The molecular weight excluding hydrogens is 370 g/mol. The average molecular weight is 386 g/mol. The lowest BCUT2D eigenvalue weighted by Gasteiger charge is -2.16. The minimum absolute atomic E-state index is 0.0196. The van der Waals surface area contributed by atoms with Crippen LogP contribution in [0.5, 0.6) is 0 Å². The Kier molecular flexibility index (Phi) is 6.12. The lowest BCUT2D eigenvalue weighted by Crippen LogP contribution is -2.18. The van der Waals surface area contributed by atoms with E-state index >= 15 is 0 Å². The number of hydrogen-bond acceptors (Lipinski definition) is 5. The summed E-state index contributed by atoms with van der Waals surface area (Å²) in [4.78, 5) is 23.8. The lowest BCUT2D eigenvalue weighted by atomic mass is 10.1. The van der Waals surface area contributed by atoms with Crippen molar-refractivity contribution in [3.63, 3.8) is 0 Å².